The SMILES string of the molecule is C#CCCCN1CCC(=O)NC(C)(c2ccccc2)C1=O. The number of benzene rings is 1. The van der Waals surface area contributed by atoms with E-state index in [1.54, 1.807) is 11.8 Å². The Labute approximate surface area is 125 Å². The summed E-state index contributed by atoms with van der Waals surface area (Å²) in [6, 6.07) is 9.36. The van der Waals surface area contributed by atoms with Crippen molar-refractivity contribution >= 4 is 11.8 Å². The molecule has 4 heteroatoms. The van der Waals surface area contributed by atoms with E-state index in [0.29, 0.717) is 25.9 Å². The van der Waals surface area contributed by atoms with Crippen LogP contribution in [0.2, 0.25) is 0 Å². The molecule has 1 fully saturated rings. The number of unbranched alkanes of at least 4 members (excludes halogenated alkanes) is 1. The smallest absolute Gasteiger partial charge is 0.252 e. The highest BCUT2D eigenvalue weighted by Gasteiger charge is 2.41. The summed E-state index contributed by atoms with van der Waals surface area (Å²) in [7, 11) is 0. The number of carbonyl (C=O) groups excluding carboxylic acids is 2. The van der Waals surface area contributed by atoms with Crippen molar-refractivity contribution in [1.82, 2.24) is 10.2 Å². The summed E-state index contributed by atoms with van der Waals surface area (Å²) in [5.74, 6) is 2.40. The highest BCUT2D eigenvalue weighted by atomic mass is 16.2. The average molecular weight is 284 g/mol. The van der Waals surface area contributed by atoms with Gasteiger partial charge in [-0.05, 0) is 18.9 Å². The van der Waals surface area contributed by atoms with Crippen LogP contribution in [0.1, 0.15) is 31.7 Å². The lowest BCUT2D eigenvalue weighted by molar-refractivity contribution is -0.138. The number of nitrogens with one attached hydrogen (secondary N) is 1. The highest BCUT2D eigenvalue weighted by molar-refractivity contribution is 5.94. The second-order valence-corrected chi connectivity index (χ2v) is 5.39. The van der Waals surface area contributed by atoms with Crippen LogP contribution in [0.5, 0.6) is 0 Å². The highest BCUT2D eigenvalue weighted by Crippen LogP contribution is 2.26. The number of terminal acetylenes is 1. The van der Waals surface area contributed by atoms with Gasteiger partial charge in [0.15, 0.2) is 0 Å². The van der Waals surface area contributed by atoms with Crippen molar-refractivity contribution in [1.29, 1.82) is 0 Å². The molecule has 0 saturated carbocycles. The molecule has 1 aliphatic heterocycles. The van der Waals surface area contributed by atoms with Gasteiger partial charge in [0.1, 0.15) is 5.54 Å². The summed E-state index contributed by atoms with van der Waals surface area (Å²) in [6.45, 7) is 2.79. The minimum atomic E-state index is -1.01. The number of nitrogens with zero attached hydrogens (tertiary/aromatic N) is 1. The zero-order valence-corrected chi connectivity index (χ0v) is 12.3. The van der Waals surface area contributed by atoms with E-state index in [1.165, 1.54) is 0 Å². The Hall–Kier alpha value is -2.28. The molecule has 1 unspecified atom stereocenters. The summed E-state index contributed by atoms with van der Waals surface area (Å²) in [5, 5.41) is 2.87. The number of hydrogen-bond acceptors (Lipinski definition) is 2. The molecule has 1 N–H and O–H groups in total. The molecule has 1 saturated heterocycles. The molecule has 0 radical (unpaired) electrons. The maximum absolute atomic E-state index is 12.9. The Kier molecular flexibility index (Phi) is 4.64. The van der Waals surface area contributed by atoms with Crippen LogP contribution >= 0.6 is 0 Å². The number of hydrogen-bond donors (Lipinski definition) is 1. The molecule has 4 nitrogen and oxygen atoms in total. The van der Waals surface area contributed by atoms with E-state index in [-0.39, 0.29) is 11.8 Å². The predicted molar refractivity (Wildman–Crippen MR) is 81.2 cm³/mol. The predicted octanol–water partition coefficient (Wildman–Crippen LogP) is 1.66. The molecule has 0 spiro atoms. The van der Waals surface area contributed by atoms with Crippen molar-refractivity contribution in [3.63, 3.8) is 0 Å². The fourth-order valence-corrected chi connectivity index (χ4v) is 2.60. The molecule has 2 amide bonds. The summed E-state index contributed by atoms with van der Waals surface area (Å²) >= 11 is 0. The van der Waals surface area contributed by atoms with E-state index in [2.05, 4.69) is 11.2 Å². The maximum Gasteiger partial charge on any atom is 0.252 e. The molecule has 1 aromatic rings. The normalized spacial score (nSPS) is 22.4. The van der Waals surface area contributed by atoms with Gasteiger partial charge in [-0.15, -0.1) is 12.3 Å². The van der Waals surface area contributed by atoms with E-state index in [4.69, 9.17) is 6.42 Å². The van der Waals surface area contributed by atoms with Crippen LogP contribution in [-0.2, 0) is 15.1 Å². The van der Waals surface area contributed by atoms with Crippen molar-refractivity contribution in [2.75, 3.05) is 13.1 Å². The van der Waals surface area contributed by atoms with Crippen LogP contribution in [0.15, 0.2) is 30.3 Å². The van der Waals surface area contributed by atoms with Gasteiger partial charge in [0, 0.05) is 25.9 Å². The van der Waals surface area contributed by atoms with Crippen molar-refractivity contribution in [2.45, 2.75) is 31.7 Å². The summed E-state index contributed by atoms with van der Waals surface area (Å²) in [6.07, 6.45) is 6.96. The Balaban J connectivity index is 2.28. The molecule has 0 bridgehead atoms. The largest absolute Gasteiger partial charge is 0.340 e. The molecule has 0 aliphatic carbocycles. The van der Waals surface area contributed by atoms with Gasteiger partial charge in [-0.3, -0.25) is 9.59 Å². The van der Waals surface area contributed by atoms with Gasteiger partial charge in [0.2, 0.25) is 5.91 Å². The van der Waals surface area contributed by atoms with Gasteiger partial charge >= 0.3 is 0 Å². The zero-order chi connectivity index (χ0) is 15.3. The van der Waals surface area contributed by atoms with E-state index < -0.39 is 5.54 Å². The second-order valence-electron chi connectivity index (χ2n) is 5.39. The fourth-order valence-electron chi connectivity index (χ4n) is 2.60. The molecule has 1 atom stereocenters. The molecule has 21 heavy (non-hydrogen) atoms. The molecule has 110 valence electrons. The van der Waals surface area contributed by atoms with Gasteiger partial charge in [-0.2, -0.15) is 0 Å². The van der Waals surface area contributed by atoms with Crippen LogP contribution in [0.25, 0.3) is 0 Å². The molecular weight excluding hydrogens is 264 g/mol. The van der Waals surface area contributed by atoms with Gasteiger partial charge < -0.3 is 10.2 Å². The van der Waals surface area contributed by atoms with Gasteiger partial charge in [-0.1, -0.05) is 30.3 Å². The summed E-state index contributed by atoms with van der Waals surface area (Å²) < 4.78 is 0. The minimum Gasteiger partial charge on any atom is -0.340 e. The lowest BCUT2D eigenvalue weighted by Crippen LogP contribution is -2.52. The molecular formula is C17H20N2O2. The third-order valence-corrected chi connectivity index (χ3v) is 3.81. The minimum absolute atomic E-state index is 0.0726. The third-order valence-electron chi connectivity index (χ3n) is 3.81. The summed E-state index contributed by atoms with van der Waals surface area (Å²) in [5.41, 5.74) is -0.211. The van der Waals surface area contributed by atoms with E-state index in [1.807, 2.05) is 30.3 Å². The average Bonchev–Trinajstić information content (AvgIpc) is 2.60. The first-order chi connectivity index (χ1) is 10.1. The van der Waals surface area contributed by atoms with Gasteiger partial charge in [-0.25, -0.2) is 0 Å². The van der Waals surface area contributed by atoms with E-state index >= 15 is 0 Å². The topological polar surface area (TPSA) is 49.4 Å². The van der Waals surface area contributed by atoms with Crippen molar-refractivity contribution in [3.05, 3.63) is 35.9 Å². The van der Waals surface area contributed by atoms with Crippen molar-refractivity contribution < 1.29 is 9.59 Å². The van der Waals surface area contributed by atoms with Gasteiger partial charge in [0.25, 0.3) is 5.91 Å². The maximum atomic E-state index is 12.9. The van der Waals surface area contributed by atoms with Crippen molar-refractivity contribution in [3.8, 4) is 12.3 Å². The Morgan fingerprint density at radius 1 is 1.33 bits per heavy atom. The first kappa shape index (κ1) is 15.1. The lowest BCUT2D eigenvalue weighted by Gasteiger charge is -2.32. The van der Waals surface area contributed by atoms with E-state index in [9.17, 15) is 9.59 Å². The van der Waals surface area contributed by atoms with E-state index in [0.717, 1.165) is 12.0 Å². The zero-order valence-electron chi connectivity index (χ0n) is 12.3. The third kappa shape index (κ3) is 3.25. The van der Waals surface area contributed by atoms with Crippen LogP contribution in [0.4, 0.5) is 0 Å². The van der Waals surface area contributed by atoms with Gasteiger partial charge in [0.05, 0.1) is 0 Å². The van der Waals surface area contributed by atoms with Crippen LogP contribution in [0, 0.1) is 12.3 Å². The number of amides is 2. The monoisotopic (exact) mass is 284 g/mol. The molecule has 0 aromatic heterocycles. The Morgan fingerprint density at radius 2 is 2.05 bits per heavy atom. The first-order valence-corrected chi connectivity index (χ1v) is 7.17. The van der Waals surface area contributed by atoms with Crippen LogP contribution in [-0.4, -0.2) is 29.8 Å². The molecule has 1 aromatic carbocycles. The summed E-state index contributed by atoms with van der Waals surface area (Å²) in [4.78, 5) is 26.6. The molecule has 1 heterocycles. The number of carbonyl (C=O) groups is 2. The molecule has 2 rings (SSSR count). The number of rotatable bonds is 4. The molecule has 1 aliphatic rings. The Bertz CT molecular complexity index is 562. The van der Waals surface area contributed by atoms with Crippen LogP contribution in [0.3, 0.4) is 0 Å². The first-order valence-electron chi connectivity index (χ1n) is 7.17. The quantitative estimate of drug-likeness (QED) is 0.675. The second kappa shape index (κ2) is 6.45. The van der Waals surface area contributed by atoms with Crippen LogP contribution < -0.4 is 5.32 Å². The standard InChI is InChI=1S/C17H20N2O2/c1-3-4-8-12-19-13-11-15(20)18-17(2,16(19)21)14-9-6-5-7-10-14/h1,5-7,9-10H,4,8,11-13H2,2H3,(H,18,20). The lowest BCUT2D eigenvalue weighted by atomic mass is 9.90. The van der Waals surface area contributed by atoms with Crippen molar-refractivity contribution in [2.24, 2.45) is 0 Å². The fraction of sp³-hybridized carbons (Fsp3) is 0.412. The Morgan fingerprint density at radius 3 is 2.71 bits per heavy atom.